The fraction of sp³-hybridized carbons (Fsp3) is 0.182. The molecule has 2 aromatic rings. The molecule has 0 radical (unpaired) electrons. The number of aliphatic hydroxyl groups excluding tert-OH is 1. The van der Waals surface area contributed by atoms with Crippen LogP contribution in [0, 0.1) is 0 Å². The molecule has 2 rings (SSSR count). The van der Waals surface area contributed by atoms with Crippen LogP contribution >= 0.6 is 0 Å². The van der Waals surface area contributed by atoms with Crippen molar-refractivity contribution in [3.8, 4) is 0 Å². The van der Waals surface area contributed by atoms with E-state index >= 15 is 0 Å². The number of carbonyl (C=O) groups excluding carboxylic acids is 1. The van der Waals surface area contributed by atoms with E-state index in [-0.39, 0.29) is 6.61 Å². The maximum absolute atomic E-state index is 11.4. The number of amides is 1. The van der Waals surface area contributed by atoms with Crippen molar-refractivity contribution in [1.29, 1.82) is 0 Å². The molecule has 1 heterocycles. The predicted molar refractivity (Wildman–Crippen MR) is 62.0 cm³/mol. The SMILES string of the molecule is N[C@H](CO)C(=O)Nc1ccc2[nH]ccc2c1. The maximum Gasteiger partial charge on any atom is 0.243 e. The summed E-state index contributed by atoms with van der Waals surface area (Å²) in [4.78, 5) is 14.5. The van der Waals surface area contributed by atoms with E-state index in [4.69, 9.17) is 10.8 Å². The van der Waals surface area contributed by atoms with Crippen LogP contribution in [0.4, 0.5) is 5.69 Å². The highest BCUT2D eigenvalue weighted by Gasteiger charge is 2.11. The molecule has 5 nitrogen and oxygen atoms in total. The van der Waals surface area contributed by atoms with Crippen molar-refractivity contribution < 1.29 is 9.90 Å². The molecule has 0 saturated carbocycles. The molecule has 5 heteroatoms. The Kier molecular flexibility index (Phi) is 2.89. The van der Waals surface area contributed by atoms with Gasteiger partial charge in [-0.05, 0) is 24.3 Å². The fourth-order valence-electron chi connectivity index (χ4n) is 1.45. The van der Waals surface area contributed by atoms with Gasteiger partial charge in [0.2, 0.25) is 5.91 Å². The highest BCUT2D eigenvalue weighted by molar-refractivity contribution is 5.96. The standard InChI is InChI=1S/C11H13N3O2/c12-9(6-15)11(16)14-8-1-2-10-7(5-8)3-4-13-10/h1-5,9,13,15H,6,12H2,(H,14,16)/t9-/m1/s1. The normalized spacial score (nSPS) is 12.6. The molecule has 0 unspecified atom stereocenters. The molecule has 0 aliphatic rings. The van der Waals surface area contributed by atoms with Crippen LogP contribution in [-0.4, -0.2) is 28.6 Å². The first-order valence-electron chi connectivity index (χ1n) is 4.95. The minimum atomic E-state index is -0.887. The van der Waals surface area contributed by atoms with E-state index in [2.05, 4.69) is 10.3 Å². The van der Waals surface area contributed by atoms with Gasteiger partial charge >= 0.3 is 0 Å². The Labute approximate surface area is 92.3 Å². The predicted octanol–water partition coefficient (Wildman–Crippen LogP) is 0.426. The minimum absolute atomic E-state index is 0.363. The number of hydrogen-bond acceptors (Lipinski definition) is 3. The van der Waals surface area contributed by atoms with E-state index in [0.717, 1.165) is 10.9 Å². The maximum atomic E-state index is 11.4. The van der Waals surface area contributed by atoms with E-state index < -0.39 is 11.9 Å². The third kappa shape index (κ3) is 2.05. The second kappa shape index (κ2) is 4.34. The van der Waals surface area contributed by atoms with Crippen molar-refractivity contribution in [2.45, 2.75) is 6.04 Å². The third-order valence-corrected chi connectivity index (χ3v) is 2.35. The van der Waals surface area contributed by atoms with E-state index in [1.165, 1.54) is 0 Å². The molecular formula is C11H13N3O2. The molecule has 1 aromatic heterocycles. The molecule has 84 valence electrons. The van der Waals surface area contributed by atoms with E-state index in [0.29, 0.717) is 5.69 Å². The Morgan fingerprint density at radius 1 is 1.50 bits per heavy atom. The van der Waals surface area contributed by atoms with Crippen LogP contribution in [0.5, 0.6) is 0 Å². The van der Waals surface area contributed by atoms with Gasteiger partial charge in [-0.15, -0.1) is 0 Å². The summed E-state index contributed by atoms with van der Waals surface area (Å²) in [6, 6.07) is 6.52. The zero-order chi connectivity index (χ0) is 11.5. The molecule has 0 aliphatic heterocycles. The van der Waals surface area contributed by atoms with Gasteiger partial charge in [0.1, 0.15) is 6.04 Å². The van der Waals surface area contributed by atoms with Gasteiger partial charge < -0.3 is 21.1 Å². The number of nitrogens with two attached hydrogens (primary N) is 1. The zero-order valence-electron chi connectivity index (χ0n) is 8.60. The number of fused-ring (bicyclic) bond motifs is 1. The lowest BCUT2D eigenvalue weighted by atomic mass is 10.2. The Balaban J connectivity index is 2.17. The van der Waals surface area contributed by atoms with Gasteiger partial charge in [-0.3, -0.25) is 4.79 Å². The molecule has 0 spiro atoms. The second-order valence-corrected chi connectivity index (χ2v) is 3.56. The molecule has 0 bridgehead atoms. The lowest BCUT2D eigenvalue weighted by Crippen LogP contribution is -2.38. The Morgan fingerprint density at radius 2 is 2.31 bits per heavy atom. The third-order valence-electron chi connectivity index (χ3n) is 2.35. The lowest BCUT2D eigenvalue weighted by molar-refractivity contribution is -0.118. The molecule has 0 saturated heterocycles. The number of aromatic amines is 1. The molecule has 1 aromatic carbocycles. The van der Waals surface area contributed by atoms with E-state index in [1.54, 1.807) is 6.07 Å². The average molecular weight is 219 g/mol. The van der Waals surface area contributed by atoms with Gasteiger partial charge in [-0.1, -0.05) is 0 Å². The Bertz CT molecular complexity index is 507. The lowest BCUT2D eigenvalue weighted by Gasteiger charge is -2.09. The van der Waals surface area contributed by atoms with E-state index in [1.807, 2.05) is 24.4 Å². The van der Waals surface area contributed by atoms with Crippen molar-refractivity contribution >= 4 is 22.5 Å². The van der Waals surface area contributed by atoms with E-state index in [9.17, 15) is 4.79 Å². The fourth-order valence-corrected chi connectivity index (χ4v) is 1.45. The quantitative estimate of drug-likeness (QED) is 0.603. The van der Waals surface area contributed by atoms with Gasteiger partial charge in [-0.25, -0.2) is 0 Å². The number of H-pyrrole nitrogens is 1. The first-order chi connectivity index (χ1) is 7.70. The van der Waals surface area contributed by atoms with Crippen LogP contribution < -0.4 is 11.1 Å². The number of aliphatic hydroxyl groups is 1. The van der Waals surface area contributed by atoms with Crippen molar-refractivity contribution in [3.05, 3.63) is 30.5 Å². The smallest absolute Gasteiger partial charge is 0.243 e. The molecule has 5 N–H and O–H groups in total. The number of rotatable bonds is 3. The summed E-state index contributed by atoms with van der Waals surface area (Å²) in [6.07, 6.45) is 1.83. The van der Waals surface area contributed by atoms with Gasteiger partial charge in [0.25, 0.3) is 0 Å². The van der Waals surface area contributed by atoms with Gasteiger partial charge in [0.15, 0.2) is 0 Å². The molecule has 0 fully saturated rings. The number of anilines is 1. The number of aromatic nitrogens is 1. The monoisotopic (exact) mass is 219 g/mol. The summed E-state index contributed by atoms with van der Waals surface area (Å²) < 4.78 is 0. The van der Waals surface area contributed by atoms with Crippen molar-refractivity contribution in [1.82, 2.24) is 4.98 Å². The van der Waals surface area contributed by atoms with Crippen molar-refractivity contribution in [2.24, 2.45) is 5.73 Å². The van der Waals surface area contributed by atoms with Crippen molar-refractivity contribution in [3.63, 3.8) is 0 Å². The summed E-state index contributed by atoms with van der Waals surface area (Å²) in [5, 5.41) is 12.4. The number of carbonyl (C=O) groups is 1. The van der Waals surface area contributed by atoms with Crippen LogP contribution in [0.2, 0.25) is 0 Å². The number of benzene rings is 1. The van der Waals surface area contributed by atoms with Crippen LogP contribution in [0.1, 0.15) is 0 Å². The van der Waals surface area contributed by atoms with Crippen LogP contribution in [0.15, 0.2) is 30.5 Å². The summed E-state index contributed by atoms with van der Waals surface area (Å²) in [7, 11) is 0. The molecule has 1 atom stereocenters. The number of nitrogens with one attached hydrogen (secondary N) is 2. The van der Waals surface area contributed by atoms with Crippen LogP contribution in [-0.2, 0) is 4.79 Å². The summed E-state index contributed by atoms with van der Waals surface area (Å²) in [6.45, 7) is -0.363. The van der Waals surface area contributed by atoms with Crippen LogP contribution in [0.25, 0.3) is 10.9 Å². The summed E-state index contributed by atoms with van der Waals surface area (Å²) in [5.74, 6) is -0.391. The summed E-state index contributed by atoms with van der Waals surface area (Å²) >= 11 is 0. The Morgan fingerprint density at radius 3 is 3.06 bits per heavy atom. The highest BCUT2D eigenvalue weighted by Crippen LogP contribution is 2.17. The number of hydrogen-bond donors (Lipinski definition) is 4. The first-order valence-corrected chi connectivity index (χ1v) is 4.95. The highest BCUT2D eigenvalue weighted by atomic mass is 16.3. The van der Waals surface area contributed by atoms with Gasteiger partial charge in [0, 0.05) is 22.8 Å². The van der Waals surface area contributed by atoms with Crippen molar-refractivity contribution in [2.75, 3.05) is 11.9 Å². The largest absolute Gasteiger partial charge is 0.394 e. The molecule has 0 aliphatic carbocycles. The topological polar surface area (TPSA) is 91.1 Å². The second-order valence-electron chi connectivity index (χ2n) is 3.56. The average Bonchev–Trinajstić information content (AvgIpc) is 2.75. The minimum Gasteiger partial charge on any atom is -0.394 e. The van der Waals surface area contributed by atoms with Gasteiger partial charge in [-0.2, -0.15) is 0 Å². The molecule has 16 heavy (non-hydrogen) atoms. The molecular weight excluding hydrogens is 206 g/mol. The molecule has 1 amide bonds. The van der Waals surface area contributed by atoms with Crippen LogP contribution in [0.3, 0.4) is 0 Å². The first kappa shape index (κ1) is 10.7. The summed E-state index contributed by atoms with van der Waals surface area (Å²) in [5.41, 5.74) is 7.06. The zero-order valence-corrected chi connectivity index (χ0v) is 8.60. The van der Waals surface area contributed by atoms with Gasteiger partial charge in [0.05, 0.1) is 6.61 Å². The Hall–Kier alpha value is -1.85.